The molecular formula is C25H35NO. The number of benzene rings is 2. The minimum absolute atomic E-state index is 0.186. The Labute approximate surface area is 165 Å². The topological polar surface area (TPSA) is 32.3 Å². The molecule has 2 N–H and O–H groups in total. The van der Waals surface area contributed by atoms with Crippen molar-refractivity contribution >= 4 is 0 Å². The Morgan fingerprint density at radius 3 is 2.11 bits per heavy atom. The number of piperidine rings is 1. The molecule has 1 aliphatic heterocycles. The SMILES string of the molecule is CCCCCCC1(O)CC(c2ccccc2)NC(c2ccccc2)C1CC. The molecule has 4 atom stereocenters. The van der Waals surface area contributed by atoms with Gasteiger partial charge in [0.25, 0.3) is 0 Å². The summed E-state index contributed by atoms with van der Waals surface area (Å²) in [5, 5.41) is 15.7. The van der Waals surface area contributed by atoms with Crippen LogP contribution in [-0.4, -0.2) is 10.7 Å². The third-order valence-corrected chi connectivity index (χ3v) is 6.29. The molecule has 146 valence electrons. The van der Waals surface area contributed by atoms with Crippen LogP contribution in [0, 0.1) is 5.92 Å². The van der Waals surface area contributed by atoms with Gasteiger partial charge in [0.05, 0.1) is 5.60 Å². The van der Waals surface area contributed by atoms with Crippen molar-refractivity contribution in [3.63, 3.8) is 0 Å². The van der Waals surface area contributed by atoms with Crippen molar-refractivity contribution in [1.82, 2.24) is 5.32 Å². The van der Waals surface area contributed by atoms with E-state index in [9.17, 15) is 5.11 Å². The van der Waals surface area contributed by atoms with Crippen molar-refractivity contribution in [1.29, 1.82) is 0 Å². The molecule has 0 saturated carbocycles. The number of nitrogens with one attached hydrogen (secondary N) is 1. The summed E-state index contributed by atoms with van der Waals surface area (Å²) in [6.45, 7) is 4.47. The second-order valence-electron chi connectivity index (χ2n) is 8.15. The largest absolute Gasteiger partial charge is 0.389 e. The lowest BCUT2D eigenvalue weighted by Gasteiger charge is -2.49. The molecule has 0 aliphatic carbocycles. The molecule has 1 aliphatic rings. The van der Waals surface area contributed by atoms with E-state index in [1.807, 2.05) is 0 Å². The van der Waals surface area contributed by atoms with Crippen LogP contribution in [0.5, 0.6) is 0 Å². The highest BCUT2D eigenvalue weighted by Crippen LogP contribution is 2.47. The molecule has 0 spiro atoms. The lowest BCUT2D eigenvalue weighted by molar-refractivity contribution is -0.0838. The van der Waals surface area contributed by atoms with Crippen LogP contribution in [0.3, 0.4) is 0 Å². The zero-order valence-electron chi connectivity index (χ0n) is 16.9. The van der Waals surface area contributed by atoms with Crippen LogP contribution < -0.4 is 5.32 Å². The fraction of sp³-hybridized carbons (Fsp3) is 0.520. The molecule has 4 unspecified atom stereocenters. The average molecular weight is 366 g/mol. The Morgan fingerprint density at radius 1 is 0.889 bits per heavy atom. The van der Waals surface area contributed by atoms with Crippen molar-refractivity contribution in [2.24, 2.45) is 5.92 Å². The normalized spacial score (nSPS) is 28.2. The molecule has 0 amide bonds. The molecule has 3 rings (SSSR count). The minimum atomic E-state index is -0.616. The monoisotopic (exact) mass is 365 g/mol. The van der Waals surface area contributed by atoms with Crippen molar-refractivity contribution in [3.05, 3.63) is 71.8 Å². The molecule has 27 heavy (non-hydrogen) atoms. The van der Waals surface area contributed by atoms with Crippen LogP contribution in [-0.2, 0) is 0 Å². The van der Waals surface area contributed by atoms with Gasteiger partial charge in [-0.2, -0.15) is 0 Å². The molecule has 0 aromatic heterocycles. The van der Waals surface area contributed by atoms with E-state index in [0.717, 1.165) is 25.7 Å². The third kappa shape index (κ3) is 4.80. The van der Waals surface area contributed by atoms with Gasteiger partial charge in [0.15, 0.2) is 0 Å². The molecule has 2 aromatic rings. The van der Waals surface area contributed by atoms with Crippen LogP contribution in [0.25, 0.3) is 0 Å². The number of hydrogen-bond donors (Lipinski definition) is 2. The molecule has 0 bridgehead atoms. The third-order valence-electron chi connectivity index (χ3n) is 6.29. The van der Waals surface area contributed by atoms with Gasteiger partial charge in [-0.3, -0.25) is 0 Å². The van der Waals surface area contributed by atoms with Gasteiger partial charge in [0.2, 0.25) is 0 Å². The molecule has 2 aromatic carbocycles. The lowest BCUT2D eigenvalue weighted by Crippen LogP contribution is -2.53. The number of unbranched alkanes of at least 4 members (excludes halogenated alkanes) is 3. The van der Waals surface area contributed by atoms with E-state index in [0.29, 0.717) is 0 Å². The Bertz CT molecular complexity index is 671. The highest BCUT2D eigenvalue weighted by atomic mass is 16.3. The van der Waals surface area contributed by atoms with Crippen molar-refractivity contribution in [2.45, 2.75) is 76.5 Å². The van der Waals surface area contributed by atoms with E-state index < -0.39 is 5.60 Å². The summed E-state index contributed by atoms with van der Waals surface area (Å²) < 4.78 is 0. The first-order valence-electron chi connectivity index (χ1n) is 10.8. The predicted molar refractivity (Wildman–Crippen MR) is 114 cm³/mol. The Balaban J connectivity index is 1.89. The Kier molecular flexibility index (Phi) is 7.09. The molecule has 1 heterocycles. The van der Waals surface area contributed by atoms with E-state index in [4.69, 9.17) is 0 Å². The minimum Gasteiger partial charge on any atom is -0.389 e. The molecule has 0 radical (unpaired) electrons. The highest BCUT2D eigenvalue weighted by Gasteiger charge is 2.46. The standard InChI is InChI=1S/C25H35NO/c1-3-5-6-13-18-25(27)19-23(20-14-9-7-10-15-20)26-24(22(25)4-2)21-16-11-8-12-17-21/h7-12,14-17,22-24,26-27H,3-6,13,18-19H2,1-2H3. The first-order valence-corrected chi connectivity index (χ1v) is 10.8. The summed E-state index contributed by atoms with van der Waals surface area (Å²) in [6.07, 6.45) is 7.51. The predicted octanol–water partition coefficient (Wildman–Crippen LogP) is 6.19. The highest BCUT2D eigenvalue weighted by molar-refractivity contribution is 5.26. The summed E-state index contributed by atoms with van der Waals surface area (Å²) in [7, 11) is 0. The Morgan fingerprint density at radius 2 is 1.52 bits per heavy atom. The van der Waals surface area contributed by atoms with Gasteiger partial charge in [-0.25, -0.2) is 0 Å². The van der Waals surface area contributed by atoms with Gasteiger partial charge in [-0.05, 0) is 30.4 Å². The maximum absolute atomic E-state index is 11.9. The lowest BCUT2D eigenvalue weighted by atomic mass is 9.68. The zero-order chi connectivity index (χ0) is 19.1. The summed E-state index contributed by atoms with van der Waals surface area (Å²) in [4.78, 5) is 0. The molecule has 1 saturated heterocycles. The summed E-state index contributed by atoms with van der Waals surface area (Å²) in [6, 6.07) is 21.7. The van der Waals surface area contributed by atoms with E-state index in [-0.39, 0.29) is 18.0 Å². The molecule has 2 nitrogen and oxygen atoms in total. The number of rotatable bonds is 8. The first-order chi connectivity index (χ1) is 13.2. The fourth-order valence-electron chi connectivity index (χ4n) is 4.86. The molecule has 1 fully saturated rings. The van der Waals surface area contributed by atoms with Gasteiger partial charge >= 0.3 is 0 Å². The van der Waals surface area contributed by atoms with Gasteiger partial charge < -0.3 is 10.4 Å². The second-order valence-corrected chi connectivity index (χ2v) is 8.15. The Hall–Kier alpha value is -1.64. The maximum atomic E-state index is 11.9. The van der Waals surface area contributed by atoms with Crippen LogP contribution in [0.1, 0.15) is 82.0 Å². The van der Waals surface area contributed by atoms with Crippen molar-refractivity contribution < 1.29 is 5.11 Å². The van der Waals surface area contributed by atoms with E-state index in [2.05, 4.69) is 79.8 Å². The maximum Gasteiger partial charge on any atom is 0.0712 e. The van der Waals surface area contributed by atoms with E-state index >= 15 is 0 Å². The summed E-state index contributed by atoms with van der Waals surface area (Å²) in [5.74, 6) is 0.237. The van der Waals surface area contributed by atoms with Crippen LogP contribution >= 0.6 is 0 Å². The summed E-state index contributed by atoms with van der Waals surface area (Å²) >= 11 is 0. The van der Waals surface area contributed by atoms with Crippen LogP contribution in [0.15, 0.2) is 60.7 Å². The second kappa shape index (κ2) is 9.52. The fourth-order valence-corrected chi connectivity index (χ4v) is 4.86. The van der Waals surface area contributed by atoms with Gasteiger partial charge in [0, 0.05) is 18.0 Å². The van der Waals surface area contributed by atoms with Crippen LogP contribution in [0.4, 0.5) is 0 Å². The van der Waals surface area contributed by atoms with Gasteiger partial charge in [-0.1, -0.05) is 100 Å². The summed E-state index contributed by atoms with van der Waals surface area (Å²) in [5.41, 5.74) is 1.95. The number of aliphatic hydroxyl groups is 1. The van der Waals surface area contributed by atoms with Gasteiger partial charge in [0.1, 0.15) is 0 Å². The quantitative estimate of drug-likeness (QED) is 0.547. The zero-order valence-corrected chi connectivity index (χ0v) is 16.9. The molecular weight excluding hydrogens is 330 g/mol. The molecule has 2 heteroatoms. The van der Waals surface area contributed by atoms with E-state index in [1.54, 1.807) is 0 Å². The smallest absolute Gasteiger partial charge is 0.0712 e. The first kappa shape index (κ1) is 20.1. The van der Waals surface area contributed by atoms with Gasteiger partial charge in [-0.15, -0.1) is 0 Å². The van der Waals surface area contributed by atoms with Crippen LogP contribution in [0.2, 0.25) is 0 Å². The van der Waals surface area contributed by atoms with Crippen molar-refractivity contribution in [2.75, 3.05) is 0 Å². The van der Waals surface area contributed by atoms with E-state index in [1.165, 1.54) is 30.4 Å². The number of hydrogen-bond acceptors (Lipinski definition) is 2. The van der Waals surface area contributed by atoms with Crippen molar-refractivity contribution in [3.8, 4) is 0 Å². The average Bonchev–Trinajstić information content (AvgIpc) is 2.72.